The normalized spacial score (nSPS) is 28.4. The van der Waals surface area contributed by atoms with Crippen molar-refractivity contribution in [3.05, 3.63) is 17.4 Å². The average molecular weight is 527 g/mol. The summed E-state index contributed by atoms with van der Waals surface area (Å²) in [4.78, 5) is 31.7. The van der Waals surface area contributed by atoms with Gasteiger partial charge in [0.1, 0.15) is 23.5 Å². The van der Waals surface area contributed by atoms with E-state index < -0.39 is 52.2 Å². The molecule has 2 aromatic heterocycles. The minimum absolute atomic E-state index is 0.191. The van der Waals surface area contributed by atoms with Crippen molar-refractivity contribution in [2.45, 2.75) is 56.3 Å². The van der Waals surface area contributed by atoms with Crippen LogP contribution in [0.3, 0.4) is 0 Å². The summed E-state index contributed by atoms with van der Waals surface area (Å²) in [6.45, 7) is -0.690. The minimum atomic E-state index is -4.81. The number of anilines is 1. The molecule has 1 aliphatic heterocycles. The number of aromatic nitrogens is 3. The van der Waals surface area contributed by atoms with Crippen molar-refractivity contribution in [1.29, 1.82) is 0 Å². The van der Waals surface area contributed by atoms with Crippen LogP contribution in [0.25, 0.3) is 11.0 Å². The van der Waals surface area contributed by atoms with Gasteiger partial charge in [-0.1, -0.05) is 24.4 Å². The van der Waals surface area contributed by atoms with Crippen LogP contribution in [0.5, 0.6) is 0 Å². The number of aliphatic hydroxyl groups excluding tert-OH is 2. The predicted octanol–water partition coefficient (Wildman–Crippen LogP) is 1.40. The highest BCUT2D eigenvalue weighted by molar-refractivity contribution is 7.70. The zero-order chi connectivity index (χ0) is 24.0. The fourth-order valence-electron chi connectivity index (χ4n) is 4.12. The summed E-state index contributed by atoms with van der Waals surface area (Å²) < 4.78 is 34.4. The summed E-state index contributed by atoms with van der Waals surface area (Å²) in [7, 11) is -9.46. The van der Waals surface area contributed by atoms with Gasteiger partial charge in [-0.25, -0.2) is 9.67 Å². The average Bonchev–Trinajstić information content (AvgIpc) is 3.40. The van der Waals surface area contributed by atoms with Crippen molar-refractivity contribution in [2.24, 2.45) is 0 Å². The van der Waals surface area contributed by atoms with Crippen molar-refractivity contribution >= 4 is 43.5 Å². The third-order valence-corrected chi connectivity index (χ3v) is 9.28. The molecular weight excluding hydrogens is 502 g/mol. The lowest BCUT2D eigenvalue weighted by Gasteiger charge is -2.18. The van der Waals surface area contributed by atoms with E-state index >= 15 is 0 Å². The highest BCUT2D eigenvalue weighted by atomic mass is 35.5. The highest BCUT2D eigenvalue weighted by Gasteiger charge is 2.46. The molecule has 5 atom stereocenters. The number of hydrogen-bond donors (Lipinski definition) is 6. The van der Waals surface area contributed by atoms with E-state index in [0.29, 0.717) is 17.1 Å². The zero-order valence-electron chi connectivity index (χ0n) is 17.3. The fourth-order valence-corrected chi connectivity index (χ4v) is 6.87. The van der Waals surface area contributed by atoms with Crippen LogP contribution >= 0.6 is 26.8 Å². The van der Waals surface area contributed by atoms with Gasteiger partial charge in [0.05, 0.1) is 23.9 Å². The Morgan fingerprint density at radius 3 is 2.58 bits per heavy atom. The zero-order valence-corrected chi connectivity index (χ0v) is 19.8. The van der Waals surface area contributed by atoms with E-state index in [9.17, 15) is 24.2 Å². The first-order chi connectivity index (χ1) is 15.4. The van der Waals surface area contributed by atoms with Crippen molar-refractivity contribution < 1.29 is 43.3 Å². The molecule has 2 fully saturated rings. The van der Waals surface area contributed by atoms with Gasteiger partial charge < -0.3 is 39.5 Å². The van der Waals surface area contributed by atoms with E-state index in [1.807, 2.05) is 0 Å². The molecule has 0 spiro atoms. The van der Waals surface area contributed by atoms with E-state index in [2.05, 4.69) is 15.4 Å². The molecule has 1 saturated heterocycles. The van der Waals surface area contributed by atoms with Crippen molar-refractivity contribution in [3.8, 4) is 0 Å². The topological polar surface area (TPSA) is 196 Å². The van der Waals surface area contributed by atoms with Gasteiger partial charge in [-0.05, 0) is 18.9 Å². The van der Waals surface area contributed by atoms with E-state index in [1.165, 1.54) is 10.9 Å². The summed E-state index contributed by atoms with van der Waals surface area (Å²) in [5.41, 5.74) is 1.03. The Morgan fingerprint density at radius 2 is 1.91 bits per heavy atom. The Balaban J connectivity index is 1.53. The summed E-state index contributed by atoms with van der Waals surface area (Å²) in [6, 6.07) is 1.99. The molecule has 13 nitrogen and oxygen atoms in total. The van der Waals surface area contributed by atoms with E-state index in [-0.39, 0.29) is 5.15 Å². The predicted molar refractivity (Wildman–Crippen MR) is 117 cm³/mol. The van der Waals surface area contributed by atoms with Crippen LogP contribution in [0.2, 0.25) is 5.15 Å². The molecule has 4 rings (SSSR count). The maximum Gasteiger partial charge on any atom is 0.340 e. The lowest BCUT2D eigenvalue weighted by atomic mass is 10.1. The molecule has 1 saturated carbocycles. The summed E-state index contributed by atoms with van der Waals surface area (Å²) in [6.07, 6.45) is 0.370. The van der Waals surface area contributed by atoms with E-state index in [0.717, 1.165) is 31.4 Å². The van der Waals surface area contributed by atoms with E-state index in [1.54, 1.807) is 6.07 Å². The van der Waals surface area contributed by atoms with Crippen LogP contribution in [-0.4, -0.2) is 76.5 Å². The van der Waals surface area contributed by atoms with E-state index in [4.69, 9.17) is 30.6 Å². The Bertz CT molecular complexity index is 1110. The number of aliphatic hydroxyl groups is 2. The van der Waals surface area contributed by atoms with Gasteiger partial charge in [-0.3, -0.25) is 9.13 Å². The molecule has 1 unspecified atom stereocenters. The number of nitrogens with zero attached hydrogens (tertiary/aromatic N) is 3. The van der Waals surface area contributed by atoms with Gasteiger partial charge in [-0.2, -0.15) is 5.10 Å². The lowest BCUT2D eigenvalue weighted by Crippen LogP contribution is -2.33. The maximum atomic E-state index is 11.9. The van der Waals surface area contributed by atoms with Crippen LogP contribution in [0.4, 0.5) is 5.69 Å². The van der Waals surface area contributed by atoms with Crippen LogP contribution < -0.4 is 5.32 Å². The number of hydrogen-bond acceptors (Lipinski definition) is 9. The van der Waals surface area contributed by atoms with Crippen molar-refractivity contribution in [1.82, 2.24) is 14.8 Å². The fraction of sp³-hybridized carbons (Fsp3) is 0.647. The minimum Gasteiger partial charge on any atom is -0.387 e. The van der Waals surface area contributed by atoms with Crippen LogP contribution in [0, 0.1) is 0 Å². The van der Waals surface area contributed by atoms with Crippen LogP contribution in [-0.2, 0) is 18.4 Å². The third-order valence-electron chi connectivity index (χ3n) is 5.63. The molecule has 0 amide bonds. The van der Waals surface area contributed by atoms with Gasteiger partial charge in [0.25, 0.3) is 0 Å². The second-order valence-corrected chi connectivity index (χ2v) is 12.6. The Morgan fingerprint density at radius 1 is 1.21 bits per heavy atom. The number of rotatable bonds is 8. The number of fused-ring (bicyclic) bond motifs is 1. The molecule has 0 bridgehead atoms. The summed E-state index contributed by atoms with van der Waals surface area (Å²) in [5.74, 6) is -1.38. The first kappa shape index (κ1) is 25.0. The quantitative estimate of drug-likeness (QED) is 0.214. The number of pyridine rings is 1. The Kier molecular flexibility index (Phi) is 7.20. The Hall–Kier alpha value is -1.11. The molecule has 16 heteroatoms. The van der Waals surface area contributed by atoms with Crippen molar-refractivity contribution in [3.63, 3.8) is 0 Å². The van der Waals surface area contributed by atoms with Crippen LogP contribution in [0.1, 0.15) is 31.9 Å². The van der Waals surface area contributed by atoms with Gasteiger partial charge in [0, 0.05) is 6.04 Å². The van der Waals surface area contributed by atoms with Gasteiger partial charge in [0.15, 0.2) is 17.8 Å². The summed E-state index contributed by atoms with van der Waals surface area (Å²) >= 11 is 6.20. The molecule has 2 aromatic rings. The van der Waals surface area contributed by atoms with Gasteiger partial charge >= 0.3 is 15.2 Å². The number of halogens is 1. The first-order valence-corrected chi connectivity index (χ1v) is 14.2. The SMILES string of the molecule is O=P(O)(O)CP(=O)(O)OC[C@H]1O[C@@H](n2ncc3c(NC4CCCC4)cc(Cl)nc32)[C@H](O)[C@@H]1O. The largest absolute Gasteiger partial charge is 0.387 e. The van der Waals surface area contributed by atoms with Crippen LogP contribution in [0.15, 0.2) is 12.3 Å². The highest BCUT2D eigenvalue weighted by Crippen LogP contribution is 2.55. The molecule has 184 valence electrons. The monoisotopic (exact) mass is 526 g/mol. The molecular formula is C17H25ClN4O9P2. The summed E-state index contributed by atoms with van der Waals surface area (Å²) in [5, 5.41) is 29.4. The standard InChI is InChI=1S/C17H25ClN4O9P2/c18-13-5-11(20-9-3-1-2-4-9)10-6-19-22(16(10)21-13)17-15(24)14(23)12(31-17)7-30-33(28,29)8-32(25,26)27/h5-6,9,12,14-15,17,23-24H,1-4,7-8H2,(H,20,21)(H,28,29)(H2,25,26,27)/t12-,14-,15-,17-/m1/s1. The molecule has 2 aliphatic rings. The second kappa shape index (κ2) is 9.50. The molecule has 6 N–H and O–H groups in total. The third kappa shape index (κ3) is 5.76. The van der Waals surface area contributed by atoms with Crippen molar-refractivity contribution in [2.75, 3.05) is 17.8 Å². The first-order valence-electron chi connectivity index (χ1n) is 10.3. The number of nitrogens with one attached hydrogen (secondary N) is 1. The Labute approximate surface area is 193 Å². The lowest BCUT2D eigenvalue weighted by molar-refractivity contribution is -0.0541. The second-order valence-electron chi connectivity index (χ2n) is 8.23. The van der Waals surface area contributed by atoms with Gasteiger partial charge in [0.2, 0.25) is 0 Å². The number of ether oxygens (including phenoxy) is 1. The molecule has 3 heterocycles. The molecule has 33 heavy (non-hydrogen) atoms. The molecule has 0 aromatic carbocycles. The molecule has 1 aliphatic carbocycles. The molecule has 0 radical (unpaired) electrons. The smallest absolute Gasteiger partial charge is 0.340 e. The van der Waals surface area contributed by atoms with Gasteiger partial charge in [-0.15, -0.1) is 0 Å². The maximum absolute atomic E-state index is 11.9.